The maximum atomic E-state index is 12.5. The smallest absolute Gasteiger partial charge is 0.251 e. The SMILES string of the molecule is CCN(CC)c1ccc(-c2nnc(SCC(=O)Nc3cccc(C(=O)NC4CC4)c3)n2C)cc1. The lowest BCUT2D eigenvalue weighted by molar-refractivity contribution is -0.113. The molecule has 0 spiro atoms. The summed E-state index contributed by atoms with van der Waals surface area (Å²) in [6, 6.07) is 15.6. The summed E-state index contributed by atoms with van der Waals surface area (Å²) in [6.07, 6.45) is 2.07. The number of aromatic nitrogens is 3. The molecule has 34 heavy (non-hydrogen) atoms. The van der Waals surface area contributed by atoms with Crippen LogP contribution in [-0.2, 0) is 11.8 Å². The van der Waals surface area contributed by atoms with Crippen molar-refractivity contribution < 1.29 is 9.59 Å². The van der Waals surface area contributed by atoms with Crippen molar-refractivity contribution in [3.63, 3.8) is 0 Å². The average molecular weight is 479 g/mol. The molecule has 0 aliphatic heterocycles. The summed E-state index contributed by atoms with van der Waals surface area (Å²) in [6.45, 7) is 6.20. The van der Waals surface area contributed by atoms with E-state index < -0.39 is 0 Å². The van der Waals surface area contributed by atoms with Crippen LogP contribution in [0.1, 0.15) is 37.0 Å². The number of nitrogens with one attached hydrogen (secondary N) is 2. The molecule has 0 atom stereocenters. The Morgan fingerprint density at radius 3 is 2.50 bits per heavy atom. The van der Waals surface area contributed by atoms with Gasteiger partial charge >= 0.3 is 0 Å². The van der Waals surface area contributed by atoms with E-state index in [1.165, 1.54) is 17.4 Å². The largest absolute Gasteiger partial charge is 0.372 e. The molecule has 0 radical (unpaired) electrons. The quantitative estimate of drug-likeness (QED) is 0.429. The van der Waals surface area contributed by atoms with E-state index in [9.17, 15) is 9.59 Å². The predicted molar refractivity (Wildman–Crippen MR) is 136 cm³/mol. The van der Waals surface area contributed by atoms with Crippen molar-refractivity contribution in [3.05, 3.63) is 54.1 Å². The van der Waals surface area contributed by atoms with Gasteiger partial charge in [0.1, 0.15) is 0 Å². The Morgan fingerprint density at radius 2 is 1.82 bits per heavy atom. The van der Waals surface area contributed by atoms with Gasteiger partial charge in [0.25, 0.3) is 5.91 Å². The van der Waals surface area contributed by atoms with E-state index in [1.54, 1.807) is 24.3 Å². The molecule has 2 amide bonds. The van der Waals surface area contributed by atoms with Gasteiger partial charge in [-0.3, -0.25) is 9.59 Å². The molecular weight excluding hydrogens is 448 g/mol. The summed E-state index contributed by atoms with van der Waals surface area (Å²) >= 11 is 1.32. The highest BCUT2D eigenvalue weighted by atomic mass is 32.2. The first-order valence-corrected chi connectivity index (χ1v) is 12.6. The summed E-state index contributed by atoms with van der Waals surface area (Å²) in [5, 5.41) is 15.1. The zero-order valence-corrected chi connectivity index (χ0v) is 20.6. The predicted octanol–water partition coefficient (Wildman–Crippen LogP) is 3.95. The van der Waals surface area contributed by atoms with Gasteiger partial charge in [-0.05, 0) is 69.2 Å². The van der Waals surface area contributed by atoms with Gasteiger partial charge in [-0.25, -0.2) is 0 Å². The summed E-state index contributed by atoms with van der Waals surface area (Å²) in [7, 11) is 1.90. The second-order valence-electron chi connectivity index (χ2n) is 8.25. The average Bonchev–Trinajstić information content (AvgIpc) is 3.59. The van der Waals surface area contributed by atoms with Crippen molar-refractivity contribution in [2.24, 2.45) is 7.05 Å². The third kappa shape index (κ3) is 5.77. The van der Waals surface area contributed by atoms with Crippen LogP contribution < -0.4 is 15.5 Å². The van der Waals surface area contributed by atoms with Crippen molar-refractivity contribution in [1.82, 2.24) is 20.1 Å². The van der Waals surface area contributed by atoms with Crippen molar-refractivity contribution in [3.8, 4) is 11.4 Å². The van der Waals surface area contributed by atoms with Gasteiger partial charge < -0.3 is 20.1 Å². The summed E-state index contributed by atoms with van der Waals surface area (Å²) in [5.74, 6) is 0.664. The van der Waals surface area contributed by atoms with Crippen LogP contribution in [0.4, 0.5) is 11.4 Å². The maximum Gasteiger partial charge on any atom is 0.251 e. The van der Waals surface area contributed by atoms with Crippen LogP contribution >= 0.6 is 11.8 Å². The number of amides is 2. The molecule has 0 unspecified atom stereocenters. The van der Waals surface area contributed by atoms with Gasteiger partial charge in [0, 0.05) is 48.7 Å². The molecule has 8 nitrogen and oxygen atoms in total. The maximum absolute atomic E-state index is 12.5. The van der Waals surface area contributed by atoms with E-state index in [0.29, 0.717) is 22.4 Å². The number of nitrogens with zero attached hydrogens (tertiary/aromatic N) is 4. The topological polar surface area (TPSA) is 92.2 Å². The lowest BCUT2D eigenvalue weighted by atomic mass is 10.2. The van der Waals surface area contributed by atoms with Gasteiger partial charge in [-0.2, -0.15) is 0 Å². The van der Waals surface area contributed by atoms with Crippen LogP contribution in [0.3, 0.4) is 0 Å². The standard InChI is InChI=1S/C25H30N6O2S/c1-4-31(5-2)21-13-9-17(10-14-21)23-28-29-25(30(23)3)34-16-22(32)26-20-8-6-7-18(15-20)24(33)27-19-11-12-19/h6-10,13-15,19H,4-5,11-12,16H2,1-3H3,(H,26,32)(H,27,33). The lowest BCUT2D eigenvalue weighted by Crippen LogP contribution is -2.25. The van der Waals surface area contributed by atoms with Crippen LogP contribution in [-0.4, -0.2) is 51.5 Å². The lowest BCUT2D eigenvalue weighted by Gasteiger charge is -2.21. The van der Waals surface area contributed by atoms with Gasteiger partial charge in [-0.15, -0.1) is 10.2 Å². The first kappa shape index (κ1) is 23.8. The molecule has 4 rings (SSSR count). The molecule has 2 aromatic carbocycles. The zero-order valence-electron chi connectivity index (χ0n) is 19.7. The molecule has 1 heterocycles. The third-order valence-electron chi connectivity index (χ3n) is 5.74. The number of carbonyl (C=O) groups is 2. The fraction of sp³-hybridized carbons (Fsp3) is 0.360. The molecule has 1 fully saturated rings. The van der Waals surface area contributed by atoms with Gasteiger partial charge in [0.05, 0.1) is 5.75 Å². The van der Waals surface area contributed by atoms with Crippen molar-refractivity contribution in [1.29, 1.82) is 0 Å². The minimum atomic E-state index is -0.169. The summed E-state index contributed by atoms with van der Waals surface area (Å²) in [5.41, 5.74) is 3.29. The van der Waals surface area contributed by atoms with Gasteiger partial charge in [0.15, 0.2) is 11.0 Å². The monoisotopic (exact) mass is 478 g/mol. The van der Waals surface area contributed by atoms with Crippen molar-refractivity contribution in [2.75, 3.05) is 29.1 Å². The van der Waals surface area contributed by atoms with E-state index in [4.69, 9.17) is 0 Å². The molecule has 9 heteroatoms. The van der Waals surface area contributed by atoms with E-state index in [1.807, 2.05) is 23.7 Å². The van der Waals surface area contributed by atoms with E-state index in [2.05, 4.69) is 51.7 Å². The summed E-state index contributed by atoms with van der Waals surface area (Å²) < 4.78 is 1.90. The molecule has 2 N–H and O–H groups in total. The number of anilines is 2. The number of carbonyl (C=O) groups excluding carboxylic acids is 2. The Morgan fingerprint density at radius 1 is 1.09 bits per heavy atom. The second kappa shape index (κ2) is 10.7. The number of hydrogen-bond acceptors (Lipinski definition) is 6. The molecule has 1 aliphatic carbocycles. The highest BCUT2D eigenvalue weighted by molar-refractivity contribution is 7.99. The number of benzene rings is 2. The van der Waals surface area contributed by atoms with Crippen molar-refractivity contribution >= 4 is 35.0 Å². The third-order valence-corrected chi connectivity index (χ3v) is 6.76. The Kier molecular flexibility index (Phi) is 7.52. The minimum Gasteiger partial charge on any atom is -0.372 e. The molecule has 1 aromatic heterocycles. The highest BCUT2D eigenvalue weighted by Gasteiger charge is 2.24. The van der Waals surface area contributed by atoms with Crippen LogP contribution in [0.25, 0.3) is 11.4 Å². The van der Waals surface area contributed by atoms with Crippen LogP contribution in [0.5, 0.6) is 0 Å². The normalized spacial score (nSPS) is 12.9. The fourth-order valence-corrected chi connectivity index (χ4v) is 4.37. The van der Waals surface area contributed by atoms with E-state index >= 15 is 0 Å². The number of rotatable bonds is 10. The minimum absolute atomic E-state index is 0.107. The highest BCUT2D eigenvalue weighted by Crippen LogP contribution is 2.25. The molecule has 0 bridgehead atoms. The first-order chi connectivity index (χ1) is 16.5. The molecule has 1 saturated carbocycles. The molecule has 3 aromatic rings. The van der Waals surface area contributed by atoms with Crippen LogP contribution in [0.2, 0.25) is 0 Å². The Bertz CT molecular complexity index is 1150. The van der Waals surface area contributed by atoms with Crippen molar-refractivity contribution in [2.45, 2.75) is 37.9 Å². The Balaban J connectivity index is 1.34. The Labute approximate surface area is 204 Å². The molecule has 0 saturated heterocycles. The van der Waals surface area contributed by atoms with E-state index in [-0.39, 0.29) is 17.6 Å². The molecule has 178 valence electrons. The number of hydrogen-bond donors (Lipinski definition) is 2. The van der Waals surface area contributed by atoms with Gasteiger partial charge in [0.2, 0.25) is 5.91 Å². The first-order valence-electron chi connectivity index (χ1n) is 11.6. The van der Waals surface area contributed by atoms with E-state index in [0.717, 1.165) is 37.3 Å². The van der Waals surface area contributed by atoms with Crippen LogP contribution in [0.15, 0.2) is 53.7 Å². The fourth-order valence-electron chi connectivity index (χ4n) is 3.66. The molecular formula is C25H30N6O2S. The zero-order chi connectivity index (χ0) is 24.1. The molecule has 1 aliphatic rings. The number of thioether (sulfide) groups is 1. The van der Waals surface area contributed by atoms with Gasteiger partial charge in [-0.1, -0.05) is 17.8 Å². The second-order valence-corrected chi connectivity index (χ2v) is 9.19. The van der Waals surface area contributed by atoms with Crippen LogP contribution in [0, 0.1) is 0 Å². The Hall–Kier alpha value is -3.33. The summed E-state index contributed by atoms with van der Waals surface area (Å²) in [4.78, 5) is 27.0.